The van der Waals surface area contributed by atoms with Crippen LogP contribution in [0.2, 0.25) is 0 Å². The molecule has 0 fully saturated rings. The Balaban J connectivity index is 0. The van der Waals surface area contributed by atoms with Crippen molar-refractivity contribution >= 4 is 5.97 Å². The second-order valence-corrected chi connectivity index (χ2v) is 7.25. The number of carboxylic acid groups (broad SMARTS) is 1. The van der Waals surface area contributed by atoms with E-state index in [2.05, 4.69) is 19.1 Å². The number of carboxylic acids is 1. The van der Waals surface area contributed by atoms with Gasteiger partial charge < -0.3 is 15.1 Å². The molecule has 0 aromatic heterocycles. The molecule has 0 radical (unpaired) electrons. The largest absolute Gasteiger partial charge is 0.481 e. The molecule has 0 saturated heterocycles. The van der Waals surface area contributed by atoms with E-state index in [1.807, 2.05) is 19.0 Å². The predicted octanol–water partition coefficient (Wildman–Crippen LogP) is 5.65. The summed E-state index contributed by atoms with van der Waals surface area (Å²) in [6, 6.07) is 0. The number of rotatable bonds is 17. The van der Waals surface area contributed by atoms with Crippen molar-refractivity contribution in [3.05, 3.63) is 12.2 Å². The zero-order valence-corrected chi connectivity index (χ0v) is 17.7. The molecule has 0 saturated carbocycles. The van der Waals surface area contributed by atoms with Crippen molar-refractivity contribution in [2.75, 3.05) is 27.2 Å². The van der Waals surface area contributed by atoms with Crippen LogP contribution in [-0.4, -0.2) is 48.3 Å². The van der Waals surface area contributed by atoms with Gasteiger partial charge in [-0.3, -0.25) is 4.79 Å². The monoisotopic (exact) mass is 371 g/mol. The summed E-state index contributed by atoms with van der Waals surface area (Å²) >= 11 is 0. The molecule has 156 valence electrons. The summed E-state index contributed by atoms with van der Waals surface area (Å²) in [5, 5.41) is 16.7. The Morgan fingerprint density at radius 3 is 1.65 bits per heavy atom. The maximum atomic E-state index is 10.3. The van der Waals surface area contributed by atoms with Crippen LogP contribution in [0.4, 0.5) is 0 Å². The lowest BCUT2D eigenvalue weighted by Crippen LogP contribution is -2.15. The average molecular weight is 372 g/mol. The van der Waals surface area contributed by atoms with Crippen LogP contribution in [0.25, 0.3) is 0 Å². The number of aliphatic hydroxyl groups excluding tert-OH is 1. The number of allylic oxidation sites excluding steroid dienone is 2. The van der Waals surface area contributed by atoms with Crippen LogP contribution in [-0.2, 0) is 4.79 Å². The lowest BCUT2D eigenvalue weighted by Gasteiger charge is -2.03. The van der Waals surface area contributed by atoms with Crippen LogP contribution < -0.4 is 0 Å². The van der Waals surface area contributed by atoms with E-state index < -0.39 is 5.97 Å². The smallest absolute Gasteiger partial charge is 0.303 e. The minimum Gasteiger partial charge on any atom is -0.481 e. The van der Waals surface area contributed by atoms with E-state index in [9.17, 15) is 4.79 Å². The van der Waals surface area contributed by atoms with Crippen molar-refractivity contribution < 1.29 is 15.0 Å². The molecule has 4 heteroatoms. The first-order chi connectivity index (χ1) is 12.5. The summed E-state index contributed by atoms with van der Waals surface area (Å²) in [7, 11) is 3.85. The molecular formula is C22H45NO3. The first-order valence-electron chi connectivity index (χ1n) is 10.7. The third kappa shape index (κ3) is 31.0. The molecule has 0 rings (SSSR count). The van der Waals surface area contributed by atoms with E-state index in [1.165, 1.54) is 70.6 Å². The second kappa shape index (κ2) is 24.1. The topological polar surface area (TPSA) is 60.8 Å². The van der Waals surface area contributed by atoms with Crippen molar-refractivity contribution in [2.45, 2.75) is 96.8 Å². The Kier molecular flexibility index (Phi) is 25.4. The normalized spacial score (nSPS) is 11.0. The first kappa shape index (κ1) is 27.3. The predicted molar refractivity (Wildman–Crippen MR) is 113 cm³/mol. The molecule has 0 bridgehead atoms. The van der Waals surface area contributed by atoms with E-state index in [4.69, 9.17) is 10.2 Å². The van der Waals surface area contributed by atoms with Gasteiger partial charge in [-0.2, -0.15) is 0 Å². The van der Waals surface area contributed by atoms with Gasteiger partial charge >= 0.3 is 5.97 Å². The van der Waals surface area contributed by atoms with Gasteiger partial charge in [-0.15, -0.1) is 0 Å². The maximum absolute atomic E-state index is 10.3. The number of hydrogen-bond acceptors (Lipinski definition) is 3. The third-order valence-corrected chi connectivity index (χ3v) is 4.20. The Bertz CT molecular complexity index is 304. The molecule has 26 heavy (non-hydrogen) atoms. The summed E-state index contributed by atoms with van der Waals surface area (Å²) in [5.41, 5.74) is 0. The van der Waals surface area contributed by atoms with Crippen molar-refractivity contribution in [1.29, 1.82) is 0 Å². The second-order valence-electron chi connectivity index (χ2n) is 7.25. The summed E-state index contributed by atoms with van der Waals surface area (Å²) < 4.78 is 0. The van der Waals surface area contributed by atoms with Gasteiger partial charge in [0.2, 0.25) is 0 Å². The summed E-state index contributed by atoms with van der Waals surface area (Å²) in [6.45, 7) is 3.28. The van der Waals surface area contributed by atoms with Gasteiger partial charge in [0.1, 0.15) is 0 Å². The van der Waals surface area contributed by atoms with Crippen molar-refractivity contribution in [3.63, 3.8) is 0 Å². The lowest BCUT2D eigenvalue weighted by atomic mass is 10.1. The number of hydrogen-bond donors (Lipinski definition) is 2. The molecule has 0 aromatic carbocycles. The molecule has 0 aliphatic heterocycles. The molecule has 0 spiro atoms. The zero-order valence-electron chi connectivity index (χ0n) is 17.7. The van der Waals surface area contributed by atoms with Gasteiger partial charge in [0, 0.05) is 13.0 Å². The molecule has 0 amide bonds. The van der Waals surface area contributed by atoms with Gasteiger partial charge in [0.15, 0.2) is 0 Å². The molecule has 2 N–H and O–H groups in total. The van der Waals surface area contributed by atoms with Crippen LogP contribution in [0.15, 0.2) is 12.2 Å². The number of aliphatic hydroxyl groups is 1. The fourth-order valence-corrected chi connectivity index (χ4v) is 2.55. The van der Waals surface area contributed by atoms with Gasteiger partial charge in [-0.25, -0.2) is 0 Å². The lowest BCUT2D eigenvalue weighted by molar-refractivity contribution is -0.137. The zero-order chi connectivity index (χ0) is 19.9. The van der Waals surface area contributed by atoms with Crippen LogP contribution in [0.1, 0.15) is 96.8 Å². The van der Waals surface area contributed by atoms with Crippen LogP contribution in [0.3, 0.4) is 0 Å². The van der Waals surface area contributed by atoms with Crippen molar-refractivity contribution in [1.82, 2.24) is 4.90 Å². The summed E-state index contributed by atoms with van der Waals surface area (Å²) in [5.74, 6) is -0.664. The van der Waals surface area contributed by atoms with Gasteiger partial charge in [0.25, 0.3) is 0 Å². The van der Waals surface area contributed by atoms with Crippen LogP contribution in [0, 0.1) is 0 Å². The molecule has 0 atom stereocenters. The quantitative estimate of drug-likeness (QED) is 0.256. The Morgan fingerprint density at radius 1 is 0.808 bits per heavy atom. The fourth-order valence-electron chi connectivity index (χ4n) is 2.55. The Hall–Kier alpha value is -0.870. The van der Waals surface area contributed by atoms with E-state index >= 15 is 0 Å². The summed E-state index contributed by atoms with van der Waals surface area (Å²) in [6.07, 6.45) is 21.2. The highest BCUT2D eigenvalue weighted by atomic mass is 16.4. The molecule has 0 aromatic rings. The molecule has 4 nitrogen and oxygen atoms in total. The highest BCUT2D eigenvalue weighted by Gasteiger charge is 1.95. The van der Waals surface area contributed by atoms with E-state index in [-0.39, 0.29) is 6.61 Å². The number of likely N-dealkylation sites (N-methyl/N-ethyl adjacent to an activating group) is 1. The third-order valence-electron chi connectivity index (χ3n) is 4.20. The van der Waals surface area contributed by atoms with E-state index in [1.54, 1.807) is 0 Å². The van der Waals surface area contributed by atoms with Gasteiger partial charge in [-0.1, -0.05) is 70.4 Å². The maximum Gasteiger partial charge on any atom is 0.303 e. The molecule has 0 aliphatic carbocycles. The number of nitrogens with zero attached hydrogens (tertiary/aromatic N) is 1. The first-order valence-corrected chi connectivity index (χ1v) is 10.7. The number of carbonyl (C=O) groups is 1. The Labute approximate surface area is 162 Å². The Morgan fingerprint density at radius 2 is 1.27 bits per heavy atom. The van der Waals surface area contributed by atoms with Gasteiger partial charge in [0.05, 0.1) is 6.61 Å². The van der Waals surface area contributed by atoms with E-state index in [0.29, 0.717) is 6.42 Å². The fraction of sp³-hybridized carbons (Fsp3) is 0.864. The molecule has 0 unspecified atom stereocenters. The van der Waals surface area contributed by atoms with Crippen molar-refractivity contribution in [3.8, 4) is 0 Å². The van der Waals surface area contributed by atoms with Crippen molar-refractivity contribution in [2.24, 2.45) is 0 Å². The minimum absolute atomic E-state index is 0.257. The number of unbranched alkanes of at least 4 members (excludes halogenated alkanes) is 11. The molecular weight excluding hydrogens is 326 g/mol. The highest BCUT2D eigenvalue weighted by Crippen LogP contribution is 2.09. The molecule has 0 aliphatic rings. The van der Waals surface area contributed by atoms with E-state index in [0.717, 1.165) is 19.4 Å². The van der Waals surface area contributed by atoms with Crippen LogP contribution >= 0.6 is 0 Å². The van der Waals surface area contributed by atoms with Crippen LogP contribution in [0.5, 0.6) is 0 Å². The minimum atomic E-state index is -0.664. The molecule has 0 heterocycles. The average Bonchev–Trinajstić information content (AvgIpc) is 2.58. The standard InChI is InChI=1S/C18H34O2.C4H11NO/c1-2-3-4-5-6-7-8-9-10-11-12-13-14-15-16-17-18(19)20;1-5(2)3-4-6/h9-10H,2-8,11-17H2,1H3,(H,19,20);6H,3-4H2,1-2H3/b10-9-;. The number of aliphatic carboxylic acids is 1. The highest BCUT2D eigenvalue weighted by molar-refractivity contribution is 5.66. The van der Waals surface area contributed by atoms with Gasteiger partial charge in [-0.05, 0) is 46.2 Å². The SMILES string of the molecule is CCCCCCCC/C=C\CCCCCCCC(=O)O.CN(C)CCO. The summed E-state index contributed by atoms with van der Waals surface area (Å²) in [4.78, 5) is 12.3.